The van der Waals surface area contributed by atoms with E-state index in [-0.39, 0.29) is 0 Å². The van der Waals surface area contributed by atoms with Gasteiger partial charge >= 0.3 is 0 Å². The largest absolute Gasteiger partial charge is 0.463 e. The fourth-order valence-electron chi connectivity index (χ4n) is 1.63. The maximum atomic E-state index is 5.25. The summed E-state index contributed by atoms with van der Waals surface area (Å²) < 4.78 is 5.25. The van der Waals surface area contributed by atoms with Crippen LogP contribution in [0.4, 0.5) is 0 Å². The summed E-state index contributed by atoms with van der Waals surface area (Å²) in [5, 5.41) is 1.09. The first-order valence-corrected chi connectivity index (χ1v) is 4.82. The minimum Gasteiger partial charge on any atom is -0.463 e. The smallest absolute Gasteiger partial charge is 0.152 e. The summed E-state index contributed by atoms with van der Waals surface area (Å²) in [6, 6.07) is 14.1. The first-order valence-electron chi connectivity index (χ1n) is 4.82. The Morgan fingerprint density at radius 3 is 2.73 bits per heavy atom. The third kappa shape index (κ3) is 1.40. The summed E-state index contributed by atoms with van der Waals surface area (Å²) in [6.07, 6.45) is 3.44. The molecule has 0 spiro atoms. The Kier molecular flexibility index (Phi) is 1.78. The van der Waals surface area contributed by atoms with Crippen molar-refractivity contribution in [3.05, 3.63) is 54.9 Å². The van der Waals surface area contributed by atoms with Crippen LogP contribution < -0.4 is 0 Å². The van der Waals surface area contributed by atoms with Gasteiger partial charge in [-0.3, -0.25) is 4.98 Å². The first kappa shape index (κ1) is 8.24. The number of aromatic nitrogens is 1. The first-order chi connectivity index (χ1) is 7.43. The molecule has 2 aromatic heterocycles. The van der Waals surface area contributed by atoms with Gasteiger partial charge in [-0.25, -0.2) is 0 Å². The van der Waals surface area contributed by atoms with E-state index in [1.165, 1.54) is 0 Å². The fourth-order valence-corrected chi connectivity index (χ4v) is 1.63. The molecular formula is C13H9NO. The molecule has 0 saturated carbocycles. The zero-order valence-corrected chi connectivity index (χ0v) is 8.05. The van der Waals surface area contributed by atoms with Gasteiger partial charge in [-0.2, -0.15) is 0 Å². The topological polar surface area (TPSA) is 26.0 Å². The van der Waals surface area contributed by atoms with Crippen molar-refractivity contribution in [2.45, 2.75) is 0 Å². The van der Waals surface area contributed by atoms with Crippen LogP contribution in [0.3, 0.4) is 0 Å². The Morgan fingerprint density at radius 1 is 1.00 bits per heavy atom. The van der Waals surface area contributed by atoms with Crippen molar-refractivity contribution in [2.75, 3.05) is 0 Å². The standard InChI is InChI=1S/C13H9NO/c1-2-4-10(5-3-1)12-8-11-6-7-15-13(11)9-14-12/h1-9H. The Balaban J connectivity index is 2.19. The van der Waals surface area contributed by atoms with Gasteiger partial charge in [0.05, 0.1) is 18.2 Å². The van der Waals surface area contributed by atoms with E-state index in [4.69, 9.17) is 4.42 Å². The van der Waals surface area contributed by atoms with Gasteiger partial charge in [0.2, 0.25) is 0 Å². The van der Waals surface area contributed by atoms with Gasteiger partial charge in [-0.1, -0.05) is 30.3 Å². The predicted octanol–water partition coefficient (Wildman–Crippen LogP) is 3.49. The van der Waals surface area contributed by atoms with Gasteiger partial charge in [-0.15, -0.1) is 0 Å². The molecule has 0 bridgehead atoms. The molecule has 3 aromatic rings. The molecule has 2 heteroatoms. The maximum Gasteiger partial charge on any atom is 0.152 e. The van der Waals surface area contributed by atoms with E-state index in [0.717, 1.165) is 22.2 Å². The summed E-state index contributed by atoms with van der Waals surface area (Å²) >= 11 is 0. The third-order valence-electron chi connectivity index (χ3n) is 2.41. The molecule has 0 saturated heterocycles. The van der Waals surface area contributed by atoms with E-state index in [9.17, 15) is 0 Å². The average Bonchev–Trinajstić information content (AvgIpc) is 2.77. The number of furan rings is 1. The Hall–Kier alpha value is -2.09. The van der Waals surface area contributed by atoms with Crippen LogP contribution >= 0.6 is 0 Å². The molecule has 72 valence electrons. The number of pyridine rings is 1. The molecule has 2 heterocycles. The van der Waals surface area contributed by atoms with Crippen molar-refractivity contribution >= 4 is 11.0 Å². The van der Waals surface area contributed by atoms with Gasteiger partial charge in [0.1, 0.15) is 0 Å². The SMILES string of the molecule is c1ccc(-c2cc3ccoc3cn2)cc1. The number of nitrogens with zero attached hydrogens (tertiary/aromatic N) is 1. The maximum absolute atomic E-state index is 5.25. The van der Waals surface area contributed by atoms with E-state index in [2.05, 4.69) is 4.98 Å². The Morgan fingerprint density at radius 2 is 1.87 bits per heavy atom. The van der Waals surface area contributed by atoms with Crippen LogP contribution in [-0.2, 0) is 0 Å². The van der Waals surface area contributed by atoms with Crippen molar-refractivity contribution in [3.8, 4) is 11.3 Å². The normalized spacial score (nSPS) is 10.7. The second kappa shape index (κ2) is 3.24. The number of hydrogen-bond acceptors (Lipinski definition) is 2. The highest BCUT2D eigenvalue weighted by atomic mass is 16.3. The molecule has 1 aromatic carbocycles. The highest BCUT2D eigenvalue weighted by molar-refractivity contribution is 5.80. The van der Waals surface area contributed by atoms with E-state index in [1.54, 1.807) is 12.5 Å². The lowest BCUT2D eigenvalue weighted by Gasteiger charge is -1.99. The number of hydrogen-bond donors (Lipinski definition) is 0. The zero-order chi connectivity index (χ0) is 10.1. The number of benzene rings is 1. The Bertz CT molecular complexity index is 584. The second-order valence-electron chi connectivity index (χ2n) is 3.39. The highest BCUT2D eigenvalue weighted by Gasteiger charge is 2.01. The molecule has 0 radical (unpaired) electrons. The lowest BCUT2D eigenvalue weighted by Crippen LogP contribution is -1.81. The van der Waals surface area contributed by atoms with Crippen LogP contribution in [0.5, 0.6) is 0 Å². The minimum atomic E-state index is 0.828. The quantitative estimate of drug-likeness (QED) is 0.594. The fraction of sp³-hybridized carbons (Fsp3) is 0. The molecule has 2 nitrogen and oxygen atoms in total. The van der Waals surface area contributed by atoms with Crippen molar-refractivity contribution in [2.24, 2.45) is 0 Å². The molecular weight excluding hydrogens is 186 g/mol. The lowest BCUT2D eigenvalue weighted by atomic mass is 10.1. The van der Waals surface area contributed by atoms with Crippen LogP contribution in [0, 0.1) is 0 Å². The minimum absolute atomic E-state index is 0.828. The van der Waals surface area contributed by atoms with Crippen molar-refractivity contribution in [1.82, 2.24) is 4.98 Å². The molecule has 0 aliphatic heterocycles. The molecule has 0 aliphatic carbocycles. The van der Waals surface area contributed by atoms with E-state index < -0.39 is 0 Å². The molecule has 0 atom stereocenters. The number of fused-ring (bicyclic) bond motifs is 1. The summed E-state index contributed by atoms with van der Waals surface area (Å²) in [5.41, 5.74) is 2.93. The molecule has 15 heavy (non-hydrogen) atoms. The van der Waals surface area contributed by atoms with Crippen LogP contribution in [0.25, 0.3) is 22.2 Å². The zero-order valence-electron chi connectivity index (χ0n) is 8.05. The van der Waals surface area contributed by atoms with Crippen LogP contribution in [-0.4, -0.2) is 4.98 Å². The van der Waals surface area contributed by atoms with E-state index >= 15 is 0 Å². The van der Waals surface area contributed by atoms with Gasteiger partial charge in [0, 0.05) is 10.9 Å². The third-order valence-corrected chi connectivity index (χ3v) is 2.41. The highest BCUT2D eigenvalue weighted by Crippen LogP contribution is 2.21. The van der Waals surface area contributed by atoms with Gasteiger partial charge < -0.3 is 4.42 Å². The monoisotopic (exact) mass is 195 g/mol. The van der Waals surface area contributed by atoms with Crippen LogP contribution in [0.1, 0.15) is 0 Å². The summed E-state index contributed by atoms with van der Waals surface area (Å²) in [5.74, 6) is 0. The molecule has 3 rings (SSSR count). The summed E-state index contributed by atoms with van der Waals surface area (Å²) in [4.78, 5) is 4.36. The second-order valence-corrected chi connectivity index (χ2v) is 3.39. The lowest BCUT2D eigenvalue weighted by molar-refractivity contribution is 0.614. The van der Waals surface area contributed by atoms with Crippen molar-refractivity contribution in [1.29, 1.82) is 0 Å². The van der Waals surface area contributed by atoms with Crippen LogP contribution in [0.2, 0.25) is 0 Å². The van der Waals surface area contributed by atoms with Crippen molar-refractivity contribution < 1.29 is 4.42 Å². The van der Waals surface area contributed by atoms with E-state index in [0.29, 0.717) is 0 Å². The van der Waals surface area contributed by atoms with Crippen molar-refractivity contribution in [3.63, 3.8) is 0 Å². The van der Waals surface area contributed by atoms with Crippen LogP contribution in [0.15, 0.2) is 59.3 Å². The molecule has 0 fully saturated rings. The van der Waals surface area contributed by atoms with Gasteiger partial charge in [-0.05, 0) is 12.1 Å². The molecule has 0 unspecified atom stereocenters. The van der Waals surface area contributed by atoms with Gasteiger partial charge in [0.25, 0.3) is 0 Å². The summed E-state index contributed by atoms with van der Waals surface area (Å²) in [6.45, 7) is 0. The van der Waals surface area contributed by atoms with Gasteiger partial charge in [0.15, 0.2) is 5.58 Å². The predicted molar refractivity (Wildman–Crippen MR) is 59.4 cm³/mol. The van der Waals surface area contributed by atoms with E-state index in [1.807, 2.05) is 42.5 Å². The molecule has 0 aliphatic rings. The molecule has 0 amide bonds. The number of rotatable bonds is 1. The summed E-state index contributed by atoms with van der Waals surface area (Å²) in [7, 11) is 0. The average molecular weight is 195 g/mol. The Labute approximate surface area is 87.2 Å². The molecule has 0 N–H and O–H groups in total.